The molecular weight excluding hydrogens is 346 g/mol. The fraction of sp³-hybridized carbons (Fsp3) is 0.800. The van der Waals surface area contributed by atoms with Crippen LogP contribution in [0, 0.1) is 25.2 Å². The van der Waals surface area contributed by atoms with E-state index < -0.39 is 0 Å². The van der Waals surface area contributed by atoms with Crippen molar-refractivity contribution in [3.63, 3.8) is 0 Å². The van der Waals surface area contributed by atoms with Gasteiger partial charge < -0.3 is 33.3 Å². The molecule has 7 heteroatoms. The van der Waals surface area contributed by atoms with Crippen LogP contribution < -0.4 is 5.32 Å². The predicted octanol–water partition coefficient (Wildman–Crippen LogP) is 3.26. The first kappa shape index (κ1) is 27.1. The van der Waals surface area contributed by atoms with Crippen molar-refractivity contribution in [2.75, 3.05) is 19.8 Å². The molecule has 136 valence electrons. The zero-order chi connectivity index (χ0) is 17.6. The summed E-state index contributed by atoms with van der Waals surface area (Å²) in [5, 5.41) is 15.8. The number of nitrogens with one attached hydrogen (secondary N) is 1. The second-order valence-electron chi connectivity index (χ2n) is 4.34. The number of rotatable bonds is 10. The molecule has 0 aliphatic carbocycles. The van der Waals surface area contributed by atoms with E-state index in [1.807, 2.05) is 33.8 Å². The third kappa shape index (κ3) is 37.0. The average Bonchev–Trinajstić information content (AvgIpc) is 2.44. The van der Waals surface area contributed by atoms with Gasteiger partial charge in [-0.3, -0.25) is 0 Å². The molecule has 0 saturated carbocycles. The van der Waals surface area contributed by atoms with E-state index in [-0.39, 0.29) is 38.2 Å². The first-order chi connectivity index (χ1) is 10.5. The molecule has 0 saturated heterocycles. The summed E-state index contributed by atoms with van der Waals surface area (Å²) in [7, 11) is -0.0720. The van der Waals surface area contributed by atoms with Crippen LogP contribution in [0.3, 0.4) is 0 Å². The Hall–Kier alpha value is 0.254. The van der Waals surface area contributed by atoms with Crippen LogP contribution in [0.1, 0.15) is 47.0 Å². The largest absolute Gasteiger partial charge is 2.00 e. The van der Waals surface area contributed by atoms with Gasteiger partial charge >= 0.3 is 16.5 Å². The summed E-state index contributed by atoms with van der Waals surface area (Å²) in [5.74, 6) is 0. The maximum atomic E-state index is 8.27. The number of nitriles is 1. The van der Waals surface area contributed by atoms with Crippen LogP contribution in [0.15, 0.2) is 0 Å². The van der Waals surface area contributed by atoms with Crippen LogP contribution in [0.5, 0.6) is 0 Å². The van der Waals surface area contributed by atoms with Gasteiger partial charge in [0.2, 0.25) is 1.43 Å². The Kier molecular flexibility index (Phi) is 36.1. The van der Waals surface area contributed by atoms with Crippen molar-refractivity contribution in [1.29, 1.82) is 6.69 Å². The van der Waals surface area contributed by atoms with E-state index in [4.69, 9.17) is 15.7 Å². The Bertz CT molecular complexity index is 233. The average molecular weight is 380 g/mol. The maximum absolute atomic E-state index is 8.27. The molecule has 0 amide bonds. The Morgan fingerprint density at radius 1 is 1.32 bits per heavy atom. The molecular formula is C15H33N2NiO3P. The van der Waals surface area contributed by atoms with Gasteiger partial charge in [-0.1, -0.05) is 27.7 Å². The van der Waals surface area contributed by atoms with Crippen LogP contribution >= 0.6 is 9.03 Å². The fourth-order valence-corrected chi connectivity index (χ4v) is 1.47. The SMILES string of the molecule is [2H]OC[C@@H](COPOCCC#N)NC(C)C.[CH2-]CC.[CH2-]CC.[Ni+2]. The van der Waals surface area contributed by atoms with Crippen LogP contribution in [0.4, 0.5) is 0 Å². The number of aliphatic hydroxyl groups excluding tert-OH is 1. The second kappa shape index (κ2) is 29.3. The number of nitrogens with zero attached hydrogens (tertiary/aromatic N) is 1. The van der Waals surface area contributed by atoms with Gasteiger partial charge in [0, 0.05) is 6.04 Å². The predicted molar refractivity (Wildman–Crippen MR) is 90.9 cm³/mol. The minimum atomic E-state index is -0.0720. The molecule has 0 aromatic carbocycles. The summed E-state index contributed by atoms with van der Waals surface area (Å²) in [4.78, 5) is 0. The summed E-state index contributed by atoms with van der Waals surface area (Å²) in [6.07, 6.45) is 2.37. The zero-order valence-electron chi connectivity index (χ0n) is 15.3. The number of aliphatic hydroxyl groups is 1. The molecule has 5 nitrogen and oxygen atoms in total. The standard InChI is InChI=1S/C9H19N2O3P.2C3H7.Ni/c1-8(2)11-9(6-12)7-14-15-13-5-3-4-10;2*1-3-2;/h8-9,11-12,15H,3,5-7H2,1-2H3;2*1,3H2,2H3;/q;2*-1;+2/t9-;;;/m0.../s1/i12D;;;. The number of hydrogen-bond donors (Lipinski definition) is 2. The van der Waals surface area contributed by atoms with Crippen LogP contribution in [-0.4, -0.2) is 38.4 Å². The Morgan fingerprint density at radius 3 is 2.27 bits per heavy atom. The molecule has 0 fully saturated rings. The molecule has 0 bridgehead atoms. The summed E-state index contributed by atoms with van der Waals surface area (Å²) < 4.78 is 17.0. The van der Waals surface area contributed by atoms with E-state index in [0.29, 0.717) is 25.7 Å². The van der Waals surface area contributed by atoms with Crippen molar-refractivity contribution in [1.82, 2.24) is 5.32 Å². The summed E-state index contributed by atoms with van der Waals surface area (Å²) >= 11 is 0. The van der Waals surface area contributed by atoms with Gasteiger partial charge in [0.05, 0.1) is 38.4 Å². The zero-order valence-corrected chi connectivity index (χ0v) is 16.3. The molecule has 2 atom stereocenters. The Labute approximate surface area is 150 Å². The molecule has 0 aromatic heterocycles. The molecule has 0 heterocycles. The Balaban J connectivity index is -0.000000223. The minimum Gasteiger partial charge on any atom is -0.395 e. The van der Waals surface area contributed by atoms with Crippen molar-refractivity contribution in [3.8, 4) is 6.07 Å². The molecule has 1 unspecified atom stereocenters. The number of hydrogen-bond acceptors (Lipinski definition) is 5. The first-order valence-electron chi connectivity index (χ1n) is 7.72. The van der Waals surface area contributed by atoms with Gasteiger partial charge in [0.1, 0.15) is 0 Å². The van der Waals surface area contributed by atoms with Gasteiger partial charge in [-0.2, -0.15) is 18.1 Å². The van der Waals surface area contributed by atoms with E-state index in [9.17, 15) is 0 Å². The third-order valence-electron chi connectivity index (χ3n) is 1.49. The van der Waals surface area contributed by atoms with Gasteiger partial charge in [-0.15, -0.1) is 0 Å². The first-order valence-corrected chi connectivity index (χ1v) is 8.13. The van der Waals surface area contributed by atoms with E-state index in [1.165, 1.54) is 0 Å². The topological polar surface area (TPSA) is 74.5 Å². The van der Waals surface area contributed by atoms with Crippen LogP contribution in [-0.2, 0) is 25.5 Å². The molecule has 0 rings (SSSR count). The van der Waals surface area contributed by atoms with E-state index in [2.05, 4.69) is 24.3 Å². The molecule has 2 N–H and O–H groups in total. The molecule has 0 aliphatic rings. The van der Waals surface area contributed by atoms with Gasteiger partial charge in [-0.05, 0) is 0 Å². The molecule has 22 heavy (non-hydrogen) atoms. The summed E-state index contributed by atoms with van der Waals surface area (Å²) in [5.41, 5.74) is 0. The molecule has 0 aromatic rings. The van der Waals surface area contributed by atoms with Gasteiger partial charge in [0.15, 0.2) is 9.03 Å². The van der Waals surface area contributed by atoms with Crippen LogP contribution in [0.2, 0.25) is 0 Å². The van der Waals surface area contributed by atoms with Gasteiger partial charge in [0.25, 0.3) is 0 Å². The monoisotopic (exact) mass is 379 g/mol. The van der Waals surface area contributed by atoms with Crippen molar-refractivity contribution in [2.24, 2.45) is 0 Å². The fourth-order valence-electron chi connectivity index (χ4n) is 0.930. The molecule has 0 aliphatic heterocycles. The molecule has 0 spiro atoms. The van der Waals surface area contributed by atoms with Crippen molar-refractivity contribution in [2.45, 2.75) is 59.0 Å². The van der Waals surface area contributed by atoms with Crippen molar-refractivity contribution < 1.29 is 30.6 Å². The van der Waals surface area contributed by atoms with Crippen molar-refractivity contribution in [3.05, 3.63) is 13.8 Å². The summed E-state index contributed by atoms with van der Waals surface area (Å²) in [6.45, 7) is 16.1. The Morgan fingerprint density at radius 2 is 1.86 bits per heavy atom. The van der Waals surface area contributed by atoms with Gasteiger partial charge in [-0.25, -0.2) is 0 Å². The summed E-state index contributed by atoms with van der Waals surface area (Å²) in [6, 6.07) is 2.28. The van der Waals surface area contributed by atoms with E-state index in [1.54, 1.807) is 0 Å². The maximum Gasteiger partial charge on any atom is 2.00 e. The van der Waals surface area contributed by atoms with E-state index >= 15 is 0 Å². The third-order valence-corrected chi connectivity index (χ3v) is 2.10. The van der Waals surface area contributed by atoms with Crippen LogP contribution in [0.25, 0.3) is 0 Å². The van der Waals surface area contributed by atoms with E-state index in [0.717, 1.165) is 12.8 Å². The second-order valence-corrected chi connectivity index (χ2v) is 5.08. The minimum absolute atomic E-state index is 0. The molecule has 0 radical (unpaired) electrons. The smallest absolute Gasteiger partial charge is 0.395 e. The normalized spacial score (nSPS) is 11.5. The van der Waals surface area contributed by atoms with Crippen molar-refractivity contribution >= 4 is 9.03 Å². The quantitative estimate of drug-likeness (QED) is 0.263.